The van der Waals surface area contributed by atoms with Gasteiger partial charge < -0.3 is 10.5 Å². The van der Waals surface area contributed by atoms with E-state index in [1.54, 1.807) is 5.38 Å². The maximum absolute atomic E-state index is 12.1. The number of anilines is 1. The van der Waals surface area contributed by atoms with Crippen molar-refractivity contribution in [3.05, 3.63) is 75.3 Å². The number of nitrogen functional groups attached to an aromatic ring is 1. The smallest absolute Gasteiger partial charge is 0.340 e. The first kappa shape index (κ1) is 16.6. The van der Waals surface area contributed by atoms with Crippen LogP contribution in [0.3, 0.4) is 0 Å². The van der Waals surface area contributed by atoms with E-state index in [1.807, 2.05) is 30.3 Å². The summed E-state index contributed by atoms with van der Waals surface area (Å²) in [5.41, 5.74) is 7.15. The van der Waals surface area contributed by atoms with Crippen molar-refractivity contribution in [2.45, 2.75) is 6.61 Å². The summed E-state index contributed by atoms with van der Waals surface area (Å²) in [5.74, 6) is -0.726. The van der Waals surface area contributed by atoms with Crippen LogP contribution in [-0.2, 0) is 11.3 Å². The van der Waals surface area contributed by atoms with Crippen LogP contribution in [0.1, 0.15) is 16.1 Å². The van der Waals surface area contributed by atoms with Crippen LogP contribution in [0.2, 0.25) is 0 Å². The van der Waals surface area contributed by atoms with Crippen LogP contribution < -0.4 is 5.73 Å². The zero-order valence-corrected chi connectivity index (χ0v) is 13.7. The van der Waals surface area contributed by atoms with Gasteiger partial charge in [0.05, 0.1) is 16.2 Å². The third-order valence-electron chi connectivity index (χ3n) is 3.39. The second-order valence-corrected chi connectivity index (χ2v) is 5.97. The molecule has 2 N–H and O–H groups in total. The van der Waals surface area contributed by atoms with Crippen LogP contribution in [0.5, 0.6) is 0 Å². The van der Waals surface area contributed by atoms with Gasteiger partial charge in [0, 0.05) is 28.8 Å². The van der Waals surface area contributed by atoms with Crippen LogP contribution >= 0.6 is 11.3 Å². The van der Waals surface area contributed by atoms with E-state index in [1.165, 1.54) is 23.5 Å². The Labute approximate surface area is 146 Å². The van der Waals surface area contributed by atoms with Gasteiger partial charge in [-0.15, -0.1) is 11.3 Å². The predicted octanol–water partition coefficient (Wildman–Crippen LogP) is 3.66. The second kappa shape index (κ2) is 7.10. The van der Waals surface area contributed by atoms with Gasteiger partial charge in [-0.3, -0.25) is 10.1 Å². The Morgan fingerprint density at radius 2 is 2.00 bits per heavy atom. The Bertz CT molecular complexity index is 925. The number of hydrogen-bond donors (Lipinski definition) is 1. The lowest BCUT2D eigenvalue weighted by Crippen LogP contribution is -2.09. The number of hydrogen-bond acceptors (Lipinski definition) is 7. The Morgan fingerprint density at radius 3 is 2.72 bits per heavy atom. The van der Waals surface area contributed by atoms with Gasteiger partial charge in [-0.1, -0.05) is 30.3 Å². The molecule has 7 nitrogen and oxygen atoms in total. The first-order valence-electron chi connectivity index (χ1n) is 7.25. The summed E-state index contributed by atoms with van der Waals surface area (Å²) in [4.78, 5) is 26.8. The molecule has 0 aliphatic carbocycles. The topological polar surface area (TPSA) is 108 Å². The molecule has 0 saturated heterocycles. The first-order valence-corrected chi connectivity index (χ1v) is 8.13. The SMILES string of the molecule is Nc1ccc([N+](=O)[O-])cc1C(=O)OCc1csc(-c2ccccc2)n1. The maximum atomic E-state index is 12.1. The lowest BCUT2D eigenvalue weighted by Gasteiger charge is -2.05. The zero-order chi connectivity index (χ0) is 17.8. The van der Waals surface area contributed by atoms with Crippen molar-refractivity contribution in [3.8, 4) is 10.6 Å². The fraction of sp³-hybridized carbons (Fsp3) is 0.0588. The van der Waals surface area contributed by atoms with Crippen LogP contribution in [-0.4, -0.2) is 15.9 Å². The number of aromatic nitrogens is 1. The third-order valence-corrected chi connectivity index (χ3v) is 4.33. The van der Waals surface area contributed by atoms with Gasteiger partial charge in [0.1, 0.15) is 11.6 Å². The lowest BCUT2D eigenvalue weighted by atomic mass is 10.1. The highest BCUT2D eigenvalue weighted by Crippen LogP contribution is 2.24. The normalized spacial score (nSPS) is 10.4. The molecule has 8 heteroatoms. The number of thiazole rings is 1. The van der Waals surface area contributed by atoms with Crippen LogP contribution in [0.4, 0.5) is 11.4 Å². The number of nitro benzene ring substituents is 1. The molecule has 0 amide bonds. The molecule has 0 bridgehead atoms. The maximum Gasteiger partial charge on any atom is 0.340 e. The summed E-state index contributed by atoms with van der Waals surface area (Å²) in [7, 11) is 0. The average molecular weight is 355 g/mol. The van der Waals surface area contributed by atoms with Gasteiger partial charge in [-0.25, -0.2) is 9.78 Å². The summed E-state index contributed by atoms with van der Waals surface area (Å²) in [6, 6.07) is 13.3. The summed E-state index contributed by atoms with van der Waals surface area (Å²) < 4.78 is 5.18. The highest BCUT2D eigenvalue weighted by Gasteiger charge is 2.17. The zero-order valence-electron chi connectivity index (χ0n) is 12.9. The van der Waals surface area contributed by atoms with E-state index in [2.05, 4.69) is 4.98 Å². The van der Waals surface area contributed by atoms with Crippen molar-refractivity contribution in [3.63, 3.8) is 0 Å². The minimum atomic E-state index is -0.726. The molecule has 1 heterocycles. The van der Waals surface area contributed by atoms with E-state index in [-0.39, 0.29) is 23.5 Å². The average Bonchev–Trinajstić information content (AvgIpc) is 3.09. The van der Waals surface area contributed by atoms with Crippen molar-refractivity contribution in [1.29, 1.82) is 0 Å². The minimum absolute atomic E-state index is 0.0345. The van der Waals surface area contributed by atoms with E-state index in [0.29, 0.717) is 5.69 Å². The second-order valence-electron chi connectivity index (χ2n) is 5.11. The molecule has 0 atom stereocenters. The van der Waals surface area contributed by atoms with E-state index < -0.39 is 10.9 Å². The quantitative estimate of drug-likeness (QED) is 0.324. The minimum Gasteiger partial charge on any atom is -0.455 e. The van der Waals surface area contributed by atoms with E-state index in [0.717, 1.165) is 16.6 Å². The molecule has 3 rings (SSSR count). The molecular weight excluding hydrogens is 342 g/mol. The molecule has 0 radical (unpaired) electrons. The summed E-state index contributed by atoms with van der Waals surface area (Å²) in [6.07, 6.45) is 0. The Kier molecular flexibility index (Phi) is 4.71. The molecule has 0 aliphatic heterocycles. The molecule has 3 aromatic rings. The molecule has 2 aromatic carbocycles. The number of nitrogens with zero attached hydrogens (tertiary/aromatic N) is 2. The molecular formula is C17H13N3O4S. The van der Waals surface area contributed by atoms with E-state index >= 15 is 0 Å². The number of benzene rings is 2. The van der Waals surface area contributed by atoms with Gasteiger partial charge in [-0.05, 0) is 6.07 Å². The molecule has 0 fully saturated rings. The highest BCUT2D eigenvalue weighted by molar-refractivity contribution is 7.13. The van der Waals surface area contributed by atoms with Crippen LogP contribution in [0, 0.1) is 10.1 Å². The molecule has 126 valence electrons. The Balaban J connectivity index is 1.70. The number of ether oxygens (including phenoxy) is 1. The molecule has 0 unspecified atom stereocenters. The lowest BCUT2D eigenvalue weighted by molar-refractivity contribution is -0.384. The van der Waals surface area contributed by atoms with Crippen molar-refractivity contribution < 1.29 is 14.5 Å². The molecule has 0 saturated carbocycles. The van der Waals surface area contributed by atoms with Crippen LogP contribution in [0.15, 0.2) is 53.9 Å². The van der Waals surface area contributed by atoms with Gasteiger partial charge in [0.15, 0.2) is 0 Å². The summed E-state index contributed by atoms with van der Waals surface area (Å²) in [6.45, 7) is -0.0374. The van der Waals surface area contributed by atoms with Gasteiger partial charge in [-0.2, -0.15) is 0 Å². The van der Waals surface area contributed by atoms with Crippen molar-refractivity contribution in [2.75, 3.05) is 5.73 Å². The molecule has 0 spiro atoms. The van der Waals surface area contributed by atoms with Gasteiger partial charge >= 0.3 is 5.97 Å². The number of nitro groups is 1. The van der Waals surface area contributed by atoms with Crippen LogP contribution in [0.25, 0.3) is 10.6 Å². The first-order chi connectivity index (χ1) is 12.0. The monoisotopic (exact) mass is 355 g/mol. The van der Waals surface area contributed by atoms with Crippen molar-refractivity contribution >= 4 is 28.7 Å². The Hall–Kier alpha value is -3.26. The number of carbonyl (C=O) groups is 1. The number of esters is 1. The fourth-order valence-electron chi connectivity index (χ4n) is 2.14. The van der Waals surface area contributed by atoms with E-state index in [9.17, 15) is 14.9 Å². The number of non-ortho nitro benzene ring substituents is 1. The molecule has 1 aromatic heterocycles. The highest BCUT2D eigenvalue weighted by atomic mass is 32.1. The molecule has 25 heavy (non-hydrogen) atoms. The molecule has 0 aliphatic rings. The Morgan fingerprint density at radius 1 is 1.24 bits per heavy atom. The van der Waals surface area contributed by atoms with Gasteiger partial charge in [0.25, 0.3) is 5.69 Å². The summed E-state index contributed by atoms with van der Waals surface area (Å²) >= 11 is 1.44. The standard InChI is InChI=1S/C17H13N3O4S/c18-15-7-6-13(20(22)23)8-14(15)17(21)24-9-12-10-25-16(19-12)11-4-2-1-3-5-11/h1-8,10H,9,18H2. The number of carbonyl (C=O) groups excluding carboxylic acids is 1. The van der Waals surface area contributed by atoms with Crippen molar-refractivity contribution in [2.24, 2.45) is 0 Å². The van der Waals surface area contributed by atoms with Gasteiger partial charge in [0.2, 0.25) is 0 Å². The summed E-state index contributed by atoms with van der Waals surface area (Å²) in [5, 5.41) is 13.4. The third kappa shape index (κ3) is 3.81. The van der Waals surface area contributed by atoms with E-state index in [4.69, 9.17) is 10.5 Å². The predicted molar refractivity (Wildman–Crippen MR) is 94.2 cm³/mol. The number of nitrogens with two attached hydrogens (primary N) is 1. The largest absolute Gasteiger partial charge is 0.455 e. The van der Waals surface area contributed by atoms with Crippen molar-refractivity contribution in [1.82, 2.24) is 4.98 Å². The number of rotatable bonds is 5. The fourth-order valence-corrected chi connectivity index (χ4v) is 2.95.